The van der Waals surface area contributed by atoms with Crippen LogP contribution in [0.25, 0.3) is 0 Å². The summed E-state index contributed by atoms with van der Waals surface area (Å²) in [5.41, 5.74) is 1.99. The van der Waals surface area contributed by atoms with Crippen molar-refractivity contribution in [2.75, 3.05) is 14.2 Å². The molecule has 2 aromatic carbocycles. The molecule has 1 N–H and O–H groups in total. The number of carbonyl (C=O) groups excluding carboxylic acids is 1. The summed E-state index contributed by atoms with van der Waals surface area (Å²) in [5, 5.41) is 2.49. The van der Waals surface area contributed by atoms with Gasteiger partial charge in [-0.2, -0.15) is 0 Å². The fourth-order valence-electron chi connectivity index (χ4n) is 2.23. The van der Waals surface area contributed by atoms with Crippen LogP contribution in [-0.2, 0) is 11.2 Å². The van der Waals surface area contributed by atoms with E-state index in [9.17, 15) is 4.79 Å². The van der Waals surface area contributed by atoms with Crippen LogP contribution in [0, 0.1) is 0 Å². The molecule has 0 saturated carbocycles. The molecule has 0 aliphatic rings. The lowest BCUT2D eigenvalue weighted by Crippen LogP contribution is -2.25. The van der Waals surface area contributed by atoms with Crippen LogP contribution in [0.3, 0.4) is 0 Å². The number of amides is 1. The van der Waals surface area contributed by atoms with Gasteiger partial charge in [-0.25, -0.2) is 0 Å². The Kier molecular flexibility index (Phi) is 6.35. The molecule has 0 aromatic heterocycles. The Morgan fingerprint density at radius 2 is 1.78 bits per heavy atom. The Labute approximate surface area is 142 Å². The van der Waals surface area contributed by atoms with Crippen molar-refractivity contribution >= 4 is 18.5 Å². The van der Waals surface area contributed by atoms with Crippen molar-refractivity contribution < 1.29 is 14.3 Å². The van der Waals surface area contributed by atoms with Gasteiger partial charge in [-0.15, -0.1) is 12.6 Å². The molecule has 122 valence electrons. The molecule has 2 aromatic rings. The number of hydrogen-bond acceptors (Lipinski definition) is 4. The molecule has 4 nitrogen and oxygen atoms in total. The van der Waals surface area contributed by atoms with E-state index in [-0.39, 0.29) is 5.91 Å². The molecule has 1 amide bonds. The van der Waals surface area contributed by atoms with Crippen LogP contribution in [0.4, 0.5) is 0 Å². The fourth-order valence-corrected chi connectivity index (χ4v) is 2.54. The van der Waals surface area contributed by atoms with E-state index in [4.69, 9.17) is 9.47 Å². The Bertz CT molecular complexity index is 646. The van der Waals surface area contributed by atoms with Crippen molar-refractivity contribution in [3.63, 3.8) is 0 Å². The smallest absolute Gasteiger partial charge is 0.221 e. The second-order valence-electron chi connectivity index (χ2n) is 5.07. The summed E-state index contributed by atoms with van der Waals surface area (Å²) in [5.74, 6) is 1.22. The van der Waals surface area contributed by atoms with Crippen molar-refractivity contribution in [3.05, 3.63) is 59.7 Å². The highest BCUT2D eigenvalue weighted by molar-refractivity contribution is 7.80. The van der Waals surface area contributed by atoms with Gasteiger partial charge in [0.1, 0.15) is 0 Å². The number of rotatable bonds is 7. The zero-order valence-electron chi connectivity index (χ0n) is 13.3. The van der Waals surface area contributed by atoms with Crippen molar-refractivity contribution in [2.24, 2.45) is 0 Å². The van der Waals surface area contributed by atoms with Crippen molar-refractivity contribution in [3.8, 4) is 11.5 Å². The van der Waals surface area contributed by atoms with Crippen LogP contribution in [-0.4, -0.2) is 20.1 Å². The standard InChI is InChI=1S/C18H21NO3S/c1-21-15-10-9-14(12-16(15)22-2)18(23)19-17(20)11-8-13-6-4-3-5-7-13/h3-7,9-10,12,18,23H,8,11H2,1-2H3,(H,19,20). The summed E-state index contributed by atoms with van der Waals surface area (Å²) in [7, 11) is 3.16. The third kappa shape index (κ3) is 4.93. The largest absolute Gasteiger partial charge is 0.493 e. The van der Waals surface area contributed by atoms with Crippen LogP contribution >= 0.6 is 12.6 Å². The first kappa shape index (κ1) is 17.2. The molecular formula is C18H21NO3S. The van der Waals surface area contributed by atoms with Crippen LogP contribution in [0.2, 0.25) is 0 Å². The lowest BCUT2D eigenvalue weighted by Gasteiger charge is -2.16. The normalized spacial score (nSPS) is 11.6. The summed E-state index contributed by atoms with van der Waals surface area (Å²) in [6, 6.07) is 15.4. The van der Waals surface area contributed by atoms with Gasteiger partial charge in [0.15, 0.2) is 11.5 Å². The van der Waals surface area contributed by atoms with Gasteiger partial charge in [0.2, 0.25) is 5.91 Å². The summed E-state index contributed by atoms with van der Waals surface area (Å²) in [6.45, 7) is 0. The Morgan fingerprint density at radius 3 is 2.43 bits per heavy atom. The maximum absolute atomic E-state index is 12.1. The predicted octanol–water partition coefficient (Wildman–Crippen LogP) is 3.38. The molecule has 1 unspecified atom stereocenters. The van der Waals surface area contributed by atoms with Crippen molar-refractivity contribution in [2.45, 2.75) is 18.2 Å². The van der Waals surface area contributed by atoms with E-state index in [0.29, 0.717) is 24.3 Å². The van der Waals surface area contributed by atoms with E-state index in [2.05, 4.69) is 17.9 Å². The number of ether oxygens (including phenoxy) is 2. The number of hydrogen-bond donors (Lipinski definition) is 2. The highest BCUT2D eigenvalue weighted by Gasteiger charge is 2.13. The minimum atomic E-state index is -0.391. The number of nitrogens with one attached hydrogen (secondary N) is 1. The summed E-state index contributed by atoms with van der Waals surface area (Å²) in [4.78, 5) is 12.1. The van der Waals surface area contributed by atoms with Gasteiger partial charge in [0.05, 0.1) is 19.6 Å². The van der Waals surface area contributed by atoms with Gasteiger partial charge in [0.25, 0.3) is 0 Å². The molecular weight excluding hydrogens is 310 g/mol. The van der Waals surface area contributed by atoms with Gasteiger partial charge in [-0.3, -0.25) is 4.79 Å². The van der Waals surface area contributed by atoms with E-state index in [1.165, 1.54) is 0 Å². The van der Waals surface area contributed by atoms with E-state index in [0.717, 1.165) is 11.1 Å². The molecule has 0 aliphatic heterocycles. The fraction of sp³-hybridized carbons (Fsp3) is 0.278. The van der Waals surface area contributed by atoms with Crippen molar-refractivity contribution in [1.82, 2.24) is 5.32 Å². The SMILES string of the molecule is COc1ccc(C(S)NC(=O)CCc2ccccc2)cc1OC. The van der Waals surface area contributed by atoms with Crippen LogP contribution in [0.15, 0.2) is 48.5 Å². The lowest BCUT2D eigenvalue weighted by atomic mass is 10.1. The third-order valence-corrected chi connectivity index (χ3v) is 3.93. The van der Waals surface area contributed by atoms with Crippen LogP contribution < -0.4 is 14.8 Å². The number of carbonyl (C=O) groups is 1. The molecule has 0 bridgehead atoms. The molecule has 1 atom stereocenters. The Hall–Kier alpha value is -2.14. The minimum Gasteiger partial charge on any atom is -0.493 e. The maximum atomic E-state index is 12.1. The Morgan fingerprint density at radius 1 is 1.09 bits per heavy atom. The topological polar surface area (TPSA) is 47.6 Å². The summed E-state index contributed by atoms with van der Waals surface area (Å²) in [6.07, 6.45) is 1.13. The van der Waals surface area contributed by atoms with Crippen molar-refractivity contribution in [1.29, 1.82) is 0 Å². The molecule has 2 rings (SSSR count). The molecule has 5 heteroatoms. The van der Waals surface area contributed by atoms with Gasteiger partial charge >= 0.3 is 0 Å². The van der Waals surface area contributed by atoms with E-state index in [1.54, 1.807) is 20.3 Å². The number of thiol groups is 1. The first-order valence-corrected chi connectivity index (χ1v) is 7.89. The van der Waals surface area contributed by atoms with Gasteiger partial charge < -0.3 is 14.8 Å². The molecule has 23 heavy (non-hydrogen) atoms. The van der Waals surface area contributed by atoms with Gasteiger partial charge in [0, 0.05) is 6.42 Å². The average Bonchev–Trinajstić information content (AvgIpc) is 2.60. The van der Waals surface area contributed by atoms with E-state index in [1.807, 2.05) is 42.5 Å². The molecule has 0 fully saturated rings. The quantitative estimate of drug-likeness (QED) is 0.604. The summed E-state index contributed by atoms with van der Waals surface area (Å²) < 4.78 is 10.5. The zero-order valence-corrected chi connectivity index (χ0v) is 14.2. The zero-order chi connectivity index (χ0) is 16.7. The van der Waals surface area contributed by atoms with Crippen LogP contribution in [0.5, 0.6) is 11.5 Å². The third-order valence-electron chi connectivity index (χ3n) is 3.50. The monoisotopic (exact) mass is 331 g/mol. The predicted molar refractivity (Wildman–Crippen MR) is 94.2 cm³/mol. The average molecular weight is 331 g/mol. The van der Waals surface area contributed by atoms with Crippen LogP contribution in [0.1, 0.15) is 22.9 Å². The molecule has 0 heterocycles. The number of benzene rings is 2. The molecule has 0 radical (unpaired) electrons. The second-order valence-corrected chi connectivity index (χ2v) is 5.59. The molecule has 0 aliphatic carbocycles. The Balaban J connectivity index is 1.93. The van der Waals surface area contributed by atoms with E-state index >= 15 is 0 Å². The minimum absolute atomic E-state index is 0.0383. The highest BCUT2D eigenvalue weighted by Crippen LogP contribution is 2.30. The highest BCUT2D eigenvalue weighted by atomic mass is 32.1. The van der Waals surface area contributed by atoms with Gasteiger partial charge in [-0.1, -0.05) is 36.4 Å². The summed E-state index contributed by atoms with van der Waals surface area (Å²) >= 11 is 4.46. The lowest BCUT2D eigenvalue weighted by molar-refractivity contribution is -0.121. The van der Waals surface area contributed by atoms with E-state index < -0.39 is 5.37 Å². The number of methoxy groups -OCH3 is 2. The first-order chi connectivity index (χ1) is 11.1. The second kappa shape index (κ2) is 8.48. The molecule has 0 spiro atoms. The number of aryl methyl sites for hydroxylation is 1. The molecule has 0 saturated heterocycles. The first-order valence-electron chi connectivity index (χ1n) is 7.37. The maximum Gasteiger partial charge on any atom is 0.221 e. The van der Waals surface area contributed by atoms with Gasteiger partial charge in [-0.05, 0) is 29.7 Å².